The second-order valence-electron chi connectivity index (χ2n) is 7.60. The number of amides is 1. The molecule has 0 fully saturated rings. The van der Waals surface area contributed by atoms with Crippen molar-refractivity contribution >= 4 is 27.0 Å². The molecule has 0 aliphatic rings. The van der Waals surface area contributed by atoms with E-state index in [1.54, 1.807) is 0 Å². The van der Waals surface area contributed by atoms with E-state index in [1.165, 1.54) is 19.1 Å². The lowest BCUT2D eigenvalue weighted by Gasteiger charge is -2.21. The van der Waals surface area contributed by atoms with Crippen molar-refractivity contribution in [2.75, 3.05) is 0 Å². The van der Waals surface area contributed by atoms with Crippen molar-refractivity contribution in [3.05, 3.63) is 60.2 Å². The van der Waals surface area contributed by atoms with Gasteiger partial charge in [-0.1, -0.05) is 38.1 Å². The fourth-order valence-electron chi connectivity index (χ4n) is 3.16. The molecule has 3 N–H and O–H groups in total. The topological polar surface area (TPSA) is 104 Å². The number of carbonyl (C=O) groups is 1. The molecular weight excluding hydrogens is 407 g/mol. The van der Waals surface area contributed by atoms with E-state index >= 15 is 0 Å². The molecule has 3 aromatic rings. The summed E-state index contributed by atoms with van der Waals surface area (Å²) in [6.45, 7) is 5.46. The number of aromatic nitrogens is 2. The van der Waals surface area contributed by atoms with E-state index < -0.39 is 38.7 Å². The van der Waals surface area contributed by atoms with E-state index in [1.807, 2.05) is 38.1 Å². The lowest BCUT2D eigenvalue weighted by atomic mass is 10.0. The third kappa shape index (κ3) is 5.03. The van der Waals surface area contributed by atoms with Gasteiger partial charge in [0.2, 0.25) is 15.9 Å². The summed E-state index contributed by atoms with van der Waals surface area (Å²) >= 11 is 0. The third-order valence-corrected chi connectivity index (χ3v) is 6.19. The maximum absolute atomic E-state index is 13.9. The van der Waals surface area contributed by atoms with Crippen molar-refractivity contribution in [2.45, 2.75) is 44.2 Å². The average molecular weight is 433 g/mol. The largest absolute Gasteiger partial charge is 0.345 e. The molecule has 2 atom stereocenters. The molecule has 1 unspecified atom stereocenters. The Balaban J connectivity index is 1.77. The van der Waals surface area contributed by atoms with Crippen LogP contribution < -0.4 is 10.0 Å². The maximum atomic E-state index is 13.9. The molecule has 0 radical (unpaired) electrons. The molecule has 0 bridgehead atoms. The number of carbonyl (C=O) groups excluding carboxylic acids is 1. The van der Waals surface area contributed by atoms with Gasteiger partial charge >= 0.3 is 0 Å². The fourth-order valence-corrected chi connectivity index (χ4v) is 4.44. The first kappa shape index (κ1) is 21.9. The maximum Gasteiger partial charge on any atom is 0.244 e. The van der Waals surface area contributed by atoms with Crippen LogP contribution in [0.2, 0.25) is 0 Å². The monoisotopic (exact) mass is 432 g/mol. The summed E-state index contributed by atoms with van der Waals surface area (Å²) < 4.78 is 41.1. The first-order valence-electron chi connectivity index (χ1n) is 9.69. The molecule has 1 aromatic heterocycles. The third-order valence-electron chi connectivity index (χ3n) is 4.61. The molecule has 160 valence electrons. The van der Waals surface area contributed by atoms with Crippen LogP contribution in [0, 0.1) is 11.7 Å². The van der Waals surface area contributed by atoms with Gasteiger partial charge in [-0.2, -0.15) is 4.72 Å². The number of nitrogens with zero attached hydrogens (tertiary/aromatic N) is 1. The van der Waals surface area contributed by atoms with Crippen LogP contribution in [0.1, 0.15) is 39.1 Å². The summed E-state index contributed by atoms with van der Waals surface area (Å²) in [7, 11) is -4.19. The van der Waals surface area contributed by atoms with E-state index in [0.29, 0.717) is 12.2 Å². The van der Waals surface area contributed by atoms with Crippen LogP contribution in [0.3, 0.4) is 0 Å². The summed E-state index contributed by atoms with van der Waals surface area (Å²) in [5.74, 6) is -0.546. The van der Waals surface area contributed by atoms with Crippen molar-refractivity contribution in [1.29, 1.82) is 0 Å². The molecule has 3 rings (SSSR count). The smallest absolute Gasteiger partial charge is 0.244 e. The van der Waals surface area contributed by atoms with Gasteiger partial charge in [0.15, 0.2) is 0 Å². The summed E-state index contributed by atoms with van der Waals surface area (Å²) in [5.41, 5.74) is 1.63. The number of halogens is 1. The Morgan fingerprint density at radius 1 is 1.10 bits per heavy atom. The lowest BCUT2D eigenvalue weighted by molar-refractivity contribution is -0.123. The van der Waals surface area contributed by atoms with Gasteiger partial charge in [0.1, 0.15) is 16.5 Å². The van der Waals surface area contributed by atoms with Crippen molar-refractivity contribution in [3.63, 3.8) is 0 Å². The number of H-pyrrole nitrogens is 1. The van der Waals surface area contributed by atoms with Crippen LogP contribution in [-0.4, -0.2) is 30.3 Å². The summed E-state index contributed by atoms with van der Waals surface area (Å²) in [5, 5.41) is 2.86. The van der Waals surface area contributed by atoms with E-state index in [4.69, 9.17) is 0 Å². The van der Waals surface area contributed by atoms with Crippen LogP contribution in [0.5, 0.6) is 0 Å². The molecular formula is C21H25FN4O3S. The second-order valence-corrected chi connectivity index (χ2v) is 9.29. The van der Waals surface area contributed by atoms with E-state index in [0.717, 1.165) is 23.2 Å². The molecule has 0 aliphatic carbocycles. The van der Waals surface area contributed by atoms with Crippen molar-refractivity contribution in [2.24, 2.45) is 5.92 Å². The predicted molar refractivity (Wildman–Crippen MR) is 113 cm³/mol. The quantitative estimate of drug-likeness (QED) is 0.508. The zero-order valence-corrected chi connectivity index (χ0v) is 17.8. The number of benzene rings is 2. The highest BCUT2D eigenvalue weighted by molar-refractivity contribution is 7.89. The zero-order chi connectivity index (χ0) is 21.9. The zero-order valence-electron chi connectivity index (χ0n) is 17.0. The molecule has 9 heteroatoms. The molecule has 0 spiro atoms. The minimum absolute atomic E-state index is 0.258. The molecule has 1 amide bonds. The highest BCUT2D eigenvalue weighted by atomic mass is 32.2. The summed E-state index contributed by atoms with van der Waals surface area (Å²) in [6.07, 6.45) is 0.609. The Hall–Kier alpha value is -2.78. The summed E-state index contributed by atoms with van der Waals surface area (Å²) in [4.78, 5) is 20.0. The highest BCUT2D eigenvalue weighted by Crippen LogP contribution is 2.22. The van der Waals surface area contributed by atoms with E-state index in [9.17, 15) is 17.6 Å². The van der Waals surface area contributed by atoms with Gasteiger partial charge in [-0.15, -0.1) is 0 Å². The standard InChI is InChI=1S/C21H25FN4O3S/c1-13(2)12-18(20-23-16-9-5-6-10-17(16)24-20)25-21(27)14(3)26-30(28,29)19-11-7-4-8-15(19)22/h4-11,13-14,18,26H,12H2,1-3H3,(H,23,24)(H,25,27)/t14-,18?/m0/s1. The van der Waals surface area contributed by atoms with Crippen LogP contribution >= 0.6 is 0 Å². The number of fused-ring (bicyclic) bond motifs is 1. The molecule has 0 saturated carbocycles. The molecule has 7 nitrogen and oxygen atoms in total. The predicted octanol–water partition coefficient (Wildman–Crippen LogP) is 3.27. The molecule has 0 saturated heterocycles. The van der Waals surface area contributed by atoms with E-state index in [2.05, 4.69) is 20.0 Å². The Morgan fingerprint density at radius 2 is 1.77 bits per heavy atom. The average Bonchev–Trinajstić information content (AvgIpc) is 3.11. The number of para-hydroxylation sites is 2. The molecule has 0 aliphatic heterocycles. The number of rotatable bonds is 8. The van der Waals surface area contributed by atoms with E-state index in [-0.39, 0.29) is 5.92 Å². The van der Waals surface area contributed by atoms with Gasteiger partial charge in [-0.3, -0.25) is 4.79 Å². The molecule has 1 heterocycles. The van der Waals surface area contributed by atoms with Gasteiger partial charge < -0.3 is 10.3 Å². The first-order valence-corrected chi connectivity index (χ1v) is 11.2. The van der Waals surface area contributed by atoms with Crippen LogP contribution in [0.4, 0.5) is 4.39 Å². The minimum Gasteiger partial charge on any atom is -0.345 e. The molecule has 30 heavy (non-hydrogen) atoms. The molecule has 2 aromatic carbocycles. The van der Waals surface area contributed by atoms with Crippen LogP contribution in [-0.2, 0) is 14.8 Å². The number of sulfonamides is 1. The second kappa shape index (κ2) is 8.93. The number of imidazole rings is 1. The van der Waals surface area contributed by atoms with Gasteiger partial charge in [0.25, 0.3) is 0 Å². The van der Waals surface area contributed by atoms with Gasteiger partial charge in [-0.25, -0.2) is 17.8 Å². The lowest BCUT2D eigenvalue weighted by Crippen LogP contribution is -2.46. The Bertz CT molecular complexity index is 1110. The van der Waals surface area contributed by atoms with Crippen molar-refractivity contribution in [3.8, 4) is 0 Å². The fraction of sp³-hybridized carbons (Fsp3) is 0.333. The van der Waals surface area contributed by atoms with Gasteiger partial charge in [0, 0.05) is 0 Å². The number of hydrogen-bond donors (Lipinski definition) is 3. The Labute approximate surface area is 175 Å². The van der Waals surface area contributed by atoms with Gasteiger partial charge in [-0.05, 0) is 43.5 Å². The minimum atomic E-state index is -4.19. The van der Waals surface area contributed by atoms with Crippen LogP contribution in [0.25, 0.3) is 11.0 Å². The van der Waals surface area contributed by atoms with Gasteiger partial charge in [0.05, 0.1) is 23.1 Å². The SMILES string of the molecule is CC(C)CC(NC(=O)[C@H](C)NS(=O)(=O)c1ccccc1F)c1nc2ccccc2[nH]1. The normalized spacial score (nSPS) is 14.0. The Kier molecular flexibility index (Phi) is 6.52. The summed E-state index contributed by atoms with van der Waals surface area (Å²) in [6, 6.07) is 11.0. The number of aromatic amines is 1. The van der Waals surface area contributed by atoms with Crippen LogP contribution in [0.15, 0.2) is 53.4 Å². The van der Waals surface area contributed by atoms with Crippen molar-refractivity contribution in [1.82, 2.24) is 20.0 Å². The highest BCUT2D eigenvalue weighted by Gasteiger charge is 2.27. The van der Waals surface area contributed by atoms with Crippen molar-refractivity contribution < 1.29 is 17.6 Å². The first-order chi connectivity index (χ1) is 14.2. The number of nitrogens with one attached hydrogen (secondary N) is 3. The number of hydrogen-bond acceptors (Lipinski definition) is 4. The Morgan fingerprint density at radius 3 is 2.43 bits per heavy atom.